The number of nitrogens with one attached hydrogen (secondary N) is 2. The number of halogens is 2. The predicted octanol–water partition coefficient (Wildman–Crippen LogP) is 3.25. The summed E-state index contributed by atoms with van der Waals surface area (Å²) in [4.78, 5) is 19.8. The Hall–Kier alpha value is -1.30. The number of H-pyrrole nitrogens is 1. The molecule has 1 aliphatic carbocycles. The average molecular weight is 345 g/mol. The van der Waals surface area contributed by atoms with Crippen molar-refractivity contribution in [3.63, 3.8) is 0 Å². The Labute approximate surface area is 142 Å². The lowest BCUT2D eigenvalue weighted by molar-refractivity contribution is -0.122. The normalized spacial score (nSPS) is 24.2. The zero-order valence-corrected chi connectivity index (χ0v) is 14.1. The van der Waals surface area contributed by atoms with Gasteiger partial charge in [-0.05, 0) is 31.9 Å². The summed E-state index contributed by atoms with van der Waals surface area (Å²) in [5, 5.41) is 2.99. The number of anilines is 1. The van der Waals surface area contributed by atoms with Crippen LogP contribution >= 0.6 is 24.8 Å². The standard InChI is InChI=1S/C15H20N4O.2ClH/c1-15(16)8-3-2-5-10(15)14(20)19-12-7-4-6-11-13(12)18-9-17-11;;/h4,6-7,9-10H,2-3,5,8,16H2,1H3,(H,17,18)(H,19,20);2*1H. The molecule has 1 amide bonds. The maximum atomic E-state index is 12.5. The van der Waals surface area contributed by atoms with Crippen molar-refractivity contribution in [3.8, 4) is 0 Å². The van der Waals surface area contributed by atoms with Crippen molar-refractivity contribution in [3.05, 3.63) is 24.5 Å². The van der Waals surface area contributed by atoms with Crippen LogP contribution in [0.3, 0.4) is 0 Å². The number of aromatic nitrogens is 2. The summed E-state index contributed by atoms with van der Waals surface area (Å²) < 4.78 is 0. The Morgan fingerprint density at radius 3 is 2.91 bits per heavy atom. The molecule has 0 bridgehead atoms. The maximum absolute atomic E-state index is 12.5. The van der Waals surface area contributed by atoms with E-state index < -0.39 is 5.54 Å². The first-order valence-electron chi connectivity index (χ1n) is 7.10. The highest BCUT2D eigenvalue weighted by Gasteiger charge is 2.37. The highest BCUT2D eigenvalue weighted by molar-refractivity contribution is 6.00. The van der Waals surface area contributed by atoms with E-state index in [0.717, 1.165) is 42.4 Å². The second-order valence-corrected chi connectivity index (χ2v) is 5.90. The van der Waals surface area contributed by atoms with Crippen LogP contribution in [0.25, 0.3) is 11.0 Å². The lowest BCUT2D eigenvalue weighted by Crippen LogP contribution is -2.51. The molecular formula is C15H22Cl2N4O. The van der Waals surface area contributed by atoms with Crippen molar-refractivity contribution in [2.75, 3.05) is 5.32 Å². The molecule has 1 aromatic carbocycles. The van der Waals surface area contributed by atoms with E-state index in [1.165, 1.54) is 0 Å². The third-order valence-corrected chi connectivity index (χ3v) is 4.28. The first-order valence-corrected chi connectivity index (χ1v) is 7.10. The van der Waals surface area contributed by atoms with E-state index in [9.17, 15) is 4.79 Å². The number of benzene rings is 1. The molecule has 3 rings (SSSR count). The van der Waals surface area contributed by atoms with E-state index in [0.29, 0.717) is 0 Å². The Kier molecular flexibility index (Phi) is 6.23. The summed E-state index contributed by atoms with van der Waals surface area (Å²) in [6.45, 7) is 1.98. The molecule has 2 unspecified atom stereocenters. The van der Waals surface area contributed by atoms with Crippen LogP contribution in [0.2, 0.25) is 0 Å². The molecule has 0 spiro atoms. The second-order valence-electron chi connectivity index (χ2n) is 5.90. The van der Waals surface area contributed by atoms with Crippen LogP contribution in [0.1, 0.15) is 32.6 Å². The summed E-state index contributed by atoms with van der Waals surface area (Å²) in [6, 6.07) is 5.71. The van der Waals surface area contributed by atoms with Crippen molar-refractivity contribution >= 4 is 47.4 Å². The van der Waals surface area contributed by atoms with Gasteiger partial charge in [-0.2, -0.15) is 0 Å². The number of carbonyl (C=O) groups excluding carboxylic acids is 1. The van der Waals surface area contributed by atoms with Gasteiger partial charge in [-0.1, -0.05) is 18.9 Å². The first kappa shape index (κ1) is 18.7. The third kappa shape index (κ3) is 3.54. The topological polar surface area (TPSA) is 83.8 Å². The lowest BCUT2D eigenvalue weighted by atomic mass is 9.74. The largest absolute Gasteiger partial charge is 0.345 e. The Morgan fingerprint density at radius 1 is 1.41 bits per heavy atom. The van der Waals surface area contributed by atoms with Crippen LogP contribution in [0.15, 0.2) is 24.5 Å². The molecule has 1 fully saturated rings. The van der Waals surface area contributed by atoms with Crippen molar-refractivity contribution in [2.45, 2.75) is 38.1 Å². The molecule has 0 aliphatic heterocycles. The summed E-state index contributed by atoms with van der Waals surface area (Å²) in [5.74, 6) is -0.129. The predicted molar refractivity (Wildman–Crippen MR) is 93.8 cm³/mol. The zero-order valence-electron chi connectivity index (χ0n) is 12.5. The number of para-hydroxylation sites is 1. The molecule has 1 saturated carbocycles. The summed E-state index contributed by atoms with van der Waals surface area (Å²) in [7, 11) is 0. The first-order chi connectivity index (χ1) is 9.58. The Morgan fingerprint density at radius 2 is 2.18 bits per heavy atom. The van der Waals surface area contributed by atoms with Gasteiger partial charge in [0.1, 0.15) is 5.52 Å². The van der Waals surface area contributed by atoms with Gasteiger partial charge in [0.2, 0.25) is 5.91 Å². The molecule has 4 N–H and O–H groups in total. The van der Waals surface area contributed by atoms with E-state index in [-0.39, 0.29) is 36.6 Å². The van der Waals surface area contributed by atoms with Gasteiger partial charge in [-0.3, -0.25) is 4.79 Å². The average Bonchev–Trinajstić information content (AvgIpc) is 2.87. The van der Waals surface area contributed by atoms with Gasteiger partial charge >= 0.3 is 0 Å². The molecule has 0 radical (unpaired) electrons. The molecule has 122 valence electrons. The molecule has 2 atom stereocenters. The highest BCUT2D eigenvalue weighted by Crippen LogP contribution is 2.33. The summed E-state index contributed by atoms with van der Waals surface area (Å²) in [6.07, 6.45) is 5.56. The minimum Gasteiger partial charge on any atom is -0.345 e. The Bertz CT molecular complexity index is 641. The number of amides is 1. The lowest BCUT2D eigenvalue weighted by Gasteiger charge is -2.37. The number of nitrogens with two attached hydrogens (primary N) is 1. The monoisotopic (exact) mass is 344 g/mol. The van der Waals surface area contributed by atoms with E-state index >= 15 is 0 Å². The molecule has 1 aromatic heterocycles. The number of rotatable bonds is 2. The summed E-state index contributed by atoms with van der Waals surface area (Å²) >= 11 is 0. The van der Waals surface area contributed by atoms with Gasteiger partial charge in [0.15, 0.2) is 0 Å². The zero-order chi connectivity index (χ0) is 14.2. The smallest absolute Gasteiger partial charge is 0.229 e. The van der Waals surface area contributed by atoms with Gasteiger partial charge in [0.05, 0.1) is 23.4 Å². The van der Waals surface area contributed by atoms with E-state index in [4.69, 9.17) is 5.73 Å². The van der Waals surface area contributed by atoms with Gasteiger partial charge in [-0.15, -0.1) is 24.8 Å². The number of hydrogen-bond donors (Lipinski definition) is 3. The number of imidazole rings is 1. The fourth-order valence-corrected chi connectivity index (χ4v) is 3.08. The Balaban J connectivity index is 0.00000121. The minimum atomic E-state index is -0.415. The molecular weight excluding hydrogens is 323 g/mol. The van der Waals surface area contributed by atoms with Crippen LogP contribution in [0.4, 0.5) is 5.69 Å². The van der Waals surface area contributed by atoms with Crippen molar-refractivity contribution in [1.82, 2.24) is 9.97 Å². The van der Waals surface area contributed by atoms with Crippen molar-refractivity contribution < 1.29 is 4.79 Å². The van der Waals surface area contributed by atoms with E-state index in [2.05, 4.69) is 15.3 Å². The molecule has 5 nitrogen and oxygen atoms in total. The van der Waals surface area contributed by atoms with Crippen molar-refractivity contribution in [1.29, 1.82) is 0 Å². The fraction of sp³-hybridized carbons (Fsp3) is 0.467. The fourth-order valence-electron chi connectivity index (χ4n) is 3.08. The van der Waals surface area contributed by atoms with E-state index in [1.807, 2.05) is 25.1 Å². The maximum Gasteiger partial charge on any atom is 0.229 e. The van der Waals surface area contributed by atoms with Crippen molar-refractivity contribution in [2.24, 2.45) is 11.7 Å². The molecule has 2 aromatic rings. The number of carbonyl (C=O) groups is 1. The third-order valence-electron chi connectivity index (χ3n) is 4.28. The van der Waals surface area contributed by atoms with Crippen LogP contribution in [-0.4, -0.2) is 21.4 Å². The summed E-state index contributed by atoms with van der Waals surface area (Å²) in [5.41, 5.74) is 8.32. The highest BCUT2D eigenvalue weighted by atomic mass is 35.5. The van der Waals surface area contributed by atoms with Gasteiger partial charge in [0.25, 0.3) is 0 Å². The molecule has 22 heavy (non-hydrogen) atoms. The number of nitrogens with zero attached hydrogens (tertiary/aromatic N) is 1. The number of aromatic amines is 1. The van der Waals surface area contributed by atoms with E-state index in [1.54, 1.807) is 6.33 Å². The van der Waals surface area contributed by atoms with Gasteiger partial charge in [-0.25, -0.2) is 4.98 Å². The van der Waals surface area contributed by atoms with Crippen LogP contribution in [-0.2, 0) is 4.79 Å². The number of hydrogen-bond acceptors (Lipinski definition) is 3. The minimum absolute atomic E-state index is 0. The second kappa shape index (κ2) is 7.31. The van der Waals surface area contributed by atoms with Crippen LogP contribution in [0.5, 0.6) is 0 Å². The van der Waals surface area contributed by atoms with Gasteiger partial charge in [0, 0.05) is 5.54 Å². The van der Waals surface area contributed by atoms with Gasteiger partial charge < -0.3 is 16.0 Å². The van der Waals surface area contributed by atoms with Crippen LogP contribution < -0.4 is 11.1 Å². The molecule has 0 saturated heterocycles. The van der Waals surface area contributed by atoms with Crippen LogP contribution in [0, 0.1) is 5.92 Å². The molecule has 7 heteroatoms. The quantitative estimate of drug-likeness (QED) is 0.781. The SMILES string of the molecule is CC1(N)CCCCC1C(=O)Nc1cccc2[nH]cnc12.Cl.Cl. The molecule has 1 heterocycles. The molecule has 1 aliphatic rings. The number of fused-ring (bicyclic) bond motifs is 1.